The molecule has 6 heteroatoms. The molecule has 4 nitrogen and oxygen atoms in total. The van der Waals surface area contributed by atoms with Crippen LogP contribution >= 0.6 is 0 Å². The second-order valence-corrected chi connectivity index (χ2v) is 12.6. The first-order chi connectivity index (χ1) is 13.4. The van der Waals surface area contributed by atoms with Crippen LogP contribution in [0.15, 0.2) is 59.5 Å². The molecular weight excluding hydrogens is 437 g/mol. The molecule has 148 valence electrons. The number of sulfone groups is 1. The van der Waals surface area contributed by atoms with Gasteiger partial charge in [0.25, 0.3) is 0 Å². The van der Waals surface area contributed by atoms with Crippen molar-refractivity contribution in [2.75, 3.05) is 12.3 Å². The zero-order chi connectivity index (χ0) is 19.7. The zero-order valence-electron chi connectivity index (χ0n) is 16.0. The van der Waals surface area contributed by atoms with Gasteiger partial charge in [0.2, 0.25) is 0 Å². The van der Waals surface area contributed by atoms with E-state index in [0.717, 1.165) is 24.8 Å². The average Bonchev–Trinajstić information content (AvgIpc) is 2.94. The van der Waals surface area contributed by atoms with Crippen molar-refractivity contribution in [2.45, 2.75) is 41.9 Å². The second-order valence-electron chi connectivity index (χ2n) is 7.71. The van der Waals surface area contributed by atoms with Gasteiger partial charge >= 0.3 is 174 Å². The summed E-state index contributed by atoms with van der Waals surface area (Å²) in [5, 5.41) is 0. The van der Waals surface area contributed by atoms with Gasteiger partial charge in [-0.25, -0.2) is 0 Å². The van der Waals surface area contributed by atoms with Crippen LogP contribution in [0.5, 0.6) is 0 Å². The molecule has 2 aromatic carbocycles. The Labute approximate surface area is 173 Å². The summed E-state index contributed by atoms with van der Waals surface area (Å²) >= 11 is 0.301. The van der Waals surface area contributed by atoms with Crippen molar-refractivity contribution >= 4 is 35.2 Å². The SMILES string of the molecule is Cc1ccc(S(=O)(=O)CCN2C(=O)C3CCC([Se]c4ccccc4)C2C3)cc1. The monoisotopic (exact) mass is 463 g/mol. The molecule has 2 aliphatic rings. The van der Waals surface area contributed by atoms with Gasteiger partial charge in [0.15, 0.2) is 0 Å². The fourth-order valence-electron chi connectivity index (χ4n) is 4.24. The molecule has 1 aliphatic heterocycles. The molecule has 1 amide bonds. The van der Waals surface area contributed by atoms with Gasteiger partial charge in [-0.1, -0.05) is 0 Å². The number of benzene rings is 2. The molecule has 2 fully saturated rings. The predicted octanol–water partition coefficient (Wildman–Crippen LogP) is 2.60. The van der Waals surface area contributed by atoms with Crippen LogP contribution in [0.25, 0.3) is 0 Å². The zero-order valence-corrected chi connectivity index (χ0v) is 18.5. The van der Waals surface area contributed by atoms with Crippen molar-refractivity contribution in [3.05, 3.63) is 60.2 Å². The molecule has 0 spiro atoms. The van der Waals surface area contributed by atoms with Crippen molar-refractivity contribution in [2.24, 2.45) is 5.92 Å². The summed E-state index contributed by atoms with van der Waals surface area (Å²) in [6, 6.07) is 17.6. The number of carbonyl (C=O) groups is 1. The van der Waals surface area contributed by atoms with Gasteiger partial charge in [0.1, 0.15) is 0 Å². The van der Waals surface area contributed by atoms with E-state index >= 15 is 0 Å². The van der Waals surface area contributed by atoms with Crippen LogP contribution in [-0.2, 0) is 14.6 Å². The van der Waals surface area contributed by atoms with Crippen LogP contribution in [0.4, 0.5) is 0 Å². The van der Waals surface area contributed by atoms with Crippen molar-refractivity contribution < 1.29 is 13.2 Å². The summed E-state index contributed by atoms with van der Waals surface area (Å²) < 4.78 is 26.8. The van der Waals surface area contributed by atoms with Gasteiger partial charge in [-0.15, -0.1) is 0 Å². The molecule has 3 unspecified atom stereocenters. The van der Waals surface area contributed by atoms with Crippen LogP contribution in [0.3, 0.4) is 0 Å². The van der Waals surface area contributed by atoms with Crippen LogP contribution in [0.2, 0.25) is 4.82 Å². The van der Waals surface area contributed by atoms with E-state index in [2.05, 4.69) is 24.3 Å². The molecule has 1 heterocycles. The van der Waals surface area contributed by atoms with Gasteiger partial charge in [0.05, 0.1) is 0 Å². The third-order valence-electron chi connectivity index (χ3n) is 5.80. The first kappa shape index (κ1) is 19.7. The van der Waals surface area contributed by atoms with Gasteiger partial charge in [-0.3, -0.25) is 0 Å². The van der Waals surface area contributed by atoms with E-state index in [1.54, 1.807) is 12.1 Å². The topological polar surface area (TPSA) is 54.5 Å². The molecule has 0 aromatic heterocycles. The number of carbonyl (C=O) groups excluding carboxylic acids is 1. The number of hydrogen-bond donors (Lipinski definition) is 0. The summed E-state index contributed by atoms with van der Waals surface area (Å²) in [7, 11) is -3.38. The number of amides is 1. The first-order valence-electron chi connectivity index (χ1n) is 9.76. The molecule has 2 bridgehead atoms. The molecule has 4 rings (SSSR count). The van der Waals surface area contributed by atoms with E-state index in [1.807, 2.05) is 30.0 Å². The van der Waals surface area contributed by atoms with Crippen LogP contribution in [-0.4, -0.2) is 52.5 Å². The Kier molecular flexibility index (Phi) is 5.64. The Balaban J connectivity index is 1.47. The Hall–Kier alpha value is -1.62. The van der Waals surface area contributed by atoms with E-state index < -0.39 is 9.84 Å². The maximum absolute atomic E-state index is 12.8. The minimum atomic E-state index is -3.38. The summed E-state index contributed by atoms with van der Waals surface area (Å²) in [4.78, 5) is 15.5. The number of likely N-dealkylation sites (tertiary alicyclic amines) is 1. The number of aryl methyl sites for hydroxylation is 1. The normalized spacial score (nSPS) is 24.5. The predicted molar refractivity (Wildman–Crippen MR) is 112 cm³/mol. The molecule has 1 saturated carbocycles. The van der Waals surface area contributed by atoms with Crippen LogP contribution < -0.4 is 4.46 Å². The quantitative estimate of drug-likeness (QED) is 0.621. The van der Waals surface area contributed by atoms with E-state index in [1.165, 1.54) is 4.46 Å². The molecule has 0 radical (unpaired) electrons. The van der Waals surface area contributed by atoms with Gasteiger partial charge in [-0.05, 0) is 0 Å². The number of nitrogens with zero attached hydrogens (tertiary/aromatic N) is 1. The third-order valence-corrected chi connectivity index (χ3v) is 10.4. The summed E-state index contributed by atoms with van der Waals surface area (Å²) in [5.41, 5.74) is 1.04. The van der Waals surface area contributed by atoms with Gasteiger partial charge in [-0.2, -0.15) is 0 Å². The Morgan fingerprint density at radius 3 is 2.46 bits per heavy atom. The Morgan fingerprint density at radius 1 is 1.04 bits per heavy atom. The molecule has 2 aromatic rings. The summed E-state index contributed by atoms with van der Waals surface area (Å²) in [5.74, 6) is 0.251. The number of fused-ring (bicyclic) bond motifs is 2. The fraction of sp³-hybridized carbons (Fsp3) is 0.409. The molecule has 0 N–H and O–H groups in total. The average molecular weight is 462 g/mol. The molecule has 1 aliphatic carbocycles. The molecular formula is C22H25NO3SSe. The van der Waals surface area contributed by atoms with Crippen molar-refractivity contribution in [3.8, 4) is 0 Å². The van der Waals surface area contributed by atoms with Crippen molar-refractivity contribution in [3.63, 3.8) is 0 Å². The minimum absolute atomic E-state index is 0.00389. The van der Waals surface area contributed by atoms with Crippen molar-refractivity contribution in [1.29, 1.82) is 0 Å². The first-order valence-corrected chi connectivity index (χ1v) is 13.3. The van der Waals surface area contributed by atoms with Gasteiger partial charge < -0.3 is 0 Å². The number of hydrogen-bond acceptors (Lipinski definition) is 3. The standard InChI is InChI=1S/C22H25NO3SSe/c1-16-7-10-18(11-8-16)27(25,26)14-13-23-20-15-17(22(23)24)9-12-21(20)28-19-5-3-2-4-6-19/h2-8,10-11,17,20-21H,9,12-15H2,1H3. The number of rotatable bonds is 6. The van der Waals surface area contributed by atoms with Crippen LogP contribution in [0, 0.1) is 12.8 Å². The summed E-state index contributed by atoms with van der Waals surface area (Å²) in [6.07, 6.45) is 2.90. The Bertz CT molecular complexity index is 944. The van der Waals surface area contributed by atoms with Gasteiger partial charge in [0, 0.05) is 0 Å². The molecule has 28 heavy (non-hydrogen) atoms. The van der Waals surface area contributed by atoms with E-state index in [9.17, 15) is 13.2 Å². The molecule has 3 atom stereocenters. The van der Waals surface area contributed by atoms with E-state index in [0.29, 0.717) is 31.2 Å². The van der Waals surface area contributed by atoms with Crippen LogP contribution in [0.1, 0.15) is 24.8 Å². The Morgan fingerprint density at radius 2 is 1.75 bits per heavy atom. The maximum atomic E-state index is 12.8. The van der Waals surface area contributed by atoms with E-state index in [4.69, 9.17) is 0 Å². The molecule has 1 saturated heterocycles. The second kappa shape index (κ2) is 8.02. The fourth-order valence-corrected chi connectivity index (χ4v) is 8.26. The van der Waals surface area contributed by atoms with E-state index in [-0.39, 0.29) is 23.6 Å². The van der Waals surface area contributed by atoms with Crippen molar-refractivity contribution in [1.82, 2.24) is 4.90 Å². The third kappa shape index (κ3) is 4.05. The summed E-state index contributed by atoms with van der Waals surface area (Å²) in [6.45, 7) is 2.24.